The minimum Gasteiger partial charge on any atom is -0.339 e. The van der Waals surface area contributed by atoms with Crippen LogP contribution < -0.4 is 4.31 Å². The molecule has 0 unspecified atom stereocenters. The van der Waals surface area contributed by atoms with Crippen LogP contribution >= 0.6 is 0 Å². The van der Waals surface area contributed by atoms with Crippen molar-refractivity contribution in [3.63, 3.8) is 0 Å². The first kappa shape index (κ1) is 19.0. The molecule has 1 amide bonds. The van der Waals surface area contributed by atoms with Crippen molar-refractivity contribution >= 4 is 21.6 Å². The molecule has 0 saturated carbocycles. The zero-order valence-electron chi connectivity index (χ0n) is 14.8. The summed E-state index contributed by atoms with van der Waals surface area (Å²) in [5.41, 5.74) is 1.10. The van der Waals surface area contributed by atoms with E-state index in [0.29, 0.717) is 30.9 Å². The highest BCUT2D eigenvalue weighted by Gasteiger charge is 2.23. The Morgan fingerprint density at radius 3 is 1.88 bits per heavy atom. The van der Waals surface area contributed by atoms with Crippen LogP contribution in [0.3, 0.4) is 0 Å². The van der Waals surface area contributed by atoms with Crippen LogP contribution in [-0.4, -0.2) is 38.9 Å². The van der Waals surface area contributed by atoms with Crippen molar-refractivity contribution in [3.8, 4) is 0 Å². The monoisotopic (exact) mass is 360 g/mol. The van der Waals surface area contributed by atoms with Crippen LogP contribution in [0.2, 0.25) is 0 Å². The highest BCUT2D eigenvalue weighted by Crippen LogP contribution is 2.24. The molecule has 0 spiro atoms. The molecule has 0 aliphatic heterocycles. The Morgan fingerprint density at radius 2 is 1.40 bits per heavy atom. The fourth-order valence-corrected chi connectivity index (χ4v) is 4.17. The van der Waals surface area contributed by atoms with Gasteiger partial charge in [0.1, 0.15) is 0 Å². The molecule has 0 bridgehead atoms. The van der Waals surface area contributed by atoms with Gasteiger partial charge in [0.05, 0.1) is 10.6 Å². The maximum absolute atomic E-state index is 12.8. The third kappa shape index (κ3) is 4.02. The largest absolute Gasteiger partial charge is 0.339 e. The van der Waals surface area contributed by atoms with Gasteiger partial charge in [0.25, 0.3) is 15.9 Å². The Hall–Kier alpha value is -2.34. The molecular weight excluding hydrogens is 336 g/mol. The number of benzene rings is 2. The molecule has 0 fully saturated rings. The minimum absolute atomic E-state index is 0.0504. The van der Waals surface area contributed by atoms with Gasteiger partial charge in [-0.05, 0) is 57.2 Å². The van der Waals surface area contributed by atoms with E-state index in [9.17, 15) is 13.2 Å². The predicted octanol–water partition coefficient (Wildman–Crippen LogP) is 3.38. The first-order valence-corrected chi connectivity index (χ1v) is 9.86. The number of rotatable bonds is 7. The summed E-state index contributed by atoms with van der Waals surface area (Å²) < 4.78 is 27.0. The minimum atomic E-state index is -3.62. The molecule has 25 heavy (non-hydrogen) atoms. The molecule has 5 nitrogen and oxygen atoms in total. The topological polar surface area (TPSA) is 57.7 Å². The standard InChI is InChI=1S/C19H24N2O3S/c1-4-20(5-2)19(22)16-12-14-17(15-13-16)21(6-3)25(23,24)18-10-8-7-9-11-18/h7-15H,4-6H2,1-3H3. The summed E-state index contributed by atoms with van der Waals surface area (Å²) in [6.45, 7) is 7.24. The van der Waals surface area contributed by atoms with Crippen LogP contribution in [0.15, 0.2) is 59.5 Å². The normalized spacial score (nSPS) is 11.2. The zero-order valence-corrected chi connectivity index (χ0v) is 15.7. The van der Waals surface area contributed by atoms with Gasteiger partial charge in [-0.2, -0.15) is 0 Å². The van der Waals surface area contributed by atoms with E-state index in [0.717, 1.165) is 0 Å². The molecule has 0 atom stereocenters. The van der Waals surface area contributed by atoms with E-state index in [-0.39, 0.29) is 10.8 Å². The van der Waals surface area contributed by atoms with Gasteiger partial charge in [-0.25, -0.2) is 8.42 Å². The summed E-state index contributed by atoms with van der Waals surface area (Å²) in [6.07, 6.45) is 0. The third-order valence-electron chi connectivity index (χ3n) is 4.07. The molecule has 6 heteroatoms. The molecule has 2 aromatic carbocycles. The van der Waals surface area contributed by atoms with E-state index in [1.807, 2.05) is 13.8 Å². The van der Waals surface area contributed by atoms with E-state index < -0.39 is 10.0 Å². The fourth-order valence-electron chi connectivity index (χ4n) is 2.67. The third-order valence-corrected chi connectivity index (χ3v) is 5.99. The van der Waals surface area contributed by atoms with Crippen molar-refractivity contribution < 1.29 is 13.2 Å². The molecule has 0 N–H and O–H groups in total. The Balaban J connectivity index is 2.32. The highest BCUT2D eigenvalue weighted by molar-refractivity contribution is 7.92. The SMILES string of the molecule is CCN(CC)C(=O)c1ccc(N(CC)S(=O)(=O)c2ccccc2)cc1. The van der Waals surface area contributed by atoms with Gasteiger partial charge < -0.3 is 4.90 Å². The number of carbonyl (C=O) groups excluding carboxylic acids is 1. The molecule has 0 radical (unpaired) electrons. The van der Waals surface area contributed by atoms with Gasteiger partial charge in [0.15, 0.2) is 0 Å². The van der Waals surface area contributed by atoms with Crippen LogP contribution in [0, 0.1) is 0 Å². The van der Waals surface area contributed by atoms with Gasteiger partial charge in [0.2, 0.25) is 0 Å². The molecule has 0 aliphatic carbocycles. The Morgan fingerprint density at radius 1 is 0.840 bits per heavy atom. The summed E-state index contributed by atoms with van der Waals surface area (Å²) >= 11 is 0. The van der Waals surface area contributed by atoms with Crippen LogP contribution in [0.1, 0.15) is 31.1 Å². The average molecular weight is 360 g/mol. The Labute approximate surface area is 149 Å². The lowest BCUT2D eigenvalue weighted by atomic mass is 10.2. The van der Waals surface area contributed by atoms with E-state index >= 15 is 0 Å². The molecular formula is C19H24N2O3S. The first-order chi connectivity index (χ1) is 12.0. The first-order valence-electron chi connectivity index (χ1n) is 8.42. The average Bonchev–Trinajstić information content (AvgIpc) is 2.64. The van der Waals surface area contributed by atoms with Crippen molar-refractivity contribution in [2.24, 2.45) is 0 Å². The second-order valence-electron chi connectivity index (χ2n) is 5.51. The van der Waals surface area contributed by atoms with E-state index in [1.54, 1.807) is 66.4 Å². The van der Waals surface area contributed by atoms with E-state index in [1.165, 1.54) is 4.31 Å². The number of nitrogens with zero attached hydrogens (tertiary/aromatic N) is 2. The second-order valence-corrected chi connectivity index (χ2v) is 7.37. The summed E-state index contributed by atoms with van der Waals surface area (Å²) in [4.78, 5) is 14.3. The maximum Gasteiger partial charge on any atom is 0.264 e. The van der Waals surface area contributed by atoms with Gasteiger partial charge >= 0.3 is 0 Å². The lowest BCUT2D eigenvalue weighted by Crippen LogP contribution is -2.31. The number of carbonyl (C=O) groups is 1. The van der Waals surface area contributed by atoms with Gasteiger partial charge in [-0.1, -0.05) is 18.2 Å². The molecule has 0 aromatic heterocycles. The molecule has 0 saturated heterocycles. The molecule has 2 rings (SSSR count). The van der Waals surface area contributed by atoms with Crippen LogP contribution in [0.5, 0.6) is 0 Å². The fraction of sp³-hybridized carbons (Fsp3) is 0.316. The van der Waals surface area contributed by atoms with Gasteiger partial charge in [-0.15, -0.1) is 0 Å². The molecule has 2 aromatic rings. The lowest BCUT2D eigenvalue weighted by Gasteiger charge is -2.23. The van der Waals surface area contributed by atoms with Crippen LogP contribution in [0.25, 0.3) is 0 Å². The van der Waals surface area contributed by atoms with Crippen molar-refractivity contribution in [2.75, 3.05) is 23.9 Å². The zero-order chi connectivity index (χ0) is 18.4. The molecule has 0 aliphatic rings. The smallest absolute Gasteiger partial charge is 0.264 e. The summed E-state index contributed by atoms with van der Waals surface area (Å²) in [5.74, 6) is -0.0504. The van der Waals surface area contributed by atoms with Crippen LogP contribution in [0.4, 0.5) is 5.69 Å². The predicted molar refractivity (Wildman–Crippen MR) is 100 cm³/mol. The summed E-state index contributed by atoms with van der Waals surface area (Å²) in [7, 11) is -3.62. The number of hydrogen-bond donors (Lipinski definition) is 0. The van der Waals surface area contributed by atoms with Crippen molar-refractivity contribution in [1.82, 2.24) is 4.90 Å². The Bertz CT molecular complexity index is 798. The van der Waals surface area contributed by atoms with Crippen molar-refractivity contribution in [2.45, 2.75) is 25.7 Å². The second kappa shape index (κ2) is 8.16. The molecule has 134 valence electrons. The lowest BCUT2D eigenvalue weighted by molar-refractivity contribution is 0.0773. The van der Waals surface area contributed by atoms with Crippen molar-refractivity contribution in [1.29, 1.82) is 0 Å². The highest BCUT2D eigenvalue weighted by atomic mass is 32.2. The number of anilines is 1. The quantitative estimate of drug-likeness (QED) is 0.760. The number of amides is 1. The van der Waals surface area contributed by atoms with E-state index in [2.05, 4.69) is 0 Å². The number of hydrogen-bond acceptors (Lipinski definition) is 3. The van der Waals surface area contributed by atoms with Crippen LogP contribution in [-0.2, 0) is 10.0 Å². The van der Waals surface area contributed by atoms with Gasteiger partial charge in [-0.3, -0.25) is 9.10 Å². The summed E-state index contributed by atoms with van der Waals surface area (Å²) in [6, 6.07) is 15.1. The molecule has 0 heterocycles. The van der Waals surface area contributed by atoms with Gasteiger partial charge in [0, 0.05) is 25.2 Å². The van der Waals surface area contributed by atoms with Crippen molar-refractivity contribution in [3.05, 3.63) is 60.2 Å². The number of sulfonamides is 1. The summed E-state index contributed by atoms with van der Waals surface area (Å²) in [5, 5.41) is 0. The van der Waals surface area contributed by atoms with E-state index in [4.69, 9.17) is 0 Å². The Kier molecular flexibility index (Phi) is 6.20. The maximum atomic E-state index is 12.8.